The van der Waals surface area contributed by atoms with Crippen molar-refractivity contribution in [2.75, 3.05) is 27.2 Å². The molecule has 1 N–H and O–H groups in total. The molecule has 4 rings (SSSR count). The number of nitrogens with one attached hydrogen (secondary N) is 1. The first-order valence-electron chi connectivity index (χ1n) is 11.1. The Balaban J connectivity index is 1.25. The van der Waals surface area contributed by atoms with Crippen molar-refractivity contribution in [3.63, 3.8) is 0 Å². The highest BCUT2D eigenvalue weighted by Crippen LogP contribution is 2.25. The van der Waals surface area contributed by atoms with E-state index in [1.807, 2.05) is 20.3 Å². The van der Waals surface area contributed by atoms with E-state index in [0.29, 0.717) is 6.42 Å². The summed E-state index contributed by atoms with van der Waals surface area (Å²) in [5.74, 6) is 0.962. The highest BCUT2D eigenvalue weighted by molar-refractivity contribution is 5.82. The molecule has 1 saturated heterocycles. The van der Waals surface area contributed by atoms with E-state index in [1.54, 1.807) is 4.90 Å². The zero-order chi connectivity index (χ0) is 20.9. The Morgan fingerprint density at radius 3 is 2.50 bits per heavy atom. The lowest BCUT2D eigenvalue weighted by molar-refractivity contribution is -0.128. The molecule has 2 aromatic carbocycles. The topological polar surface area (TPSA) is 39.3 Å². The molecule has 1 aliphatic heterocycles. The largest absolute Gasteiger partial charge is 0.361 e. The zero-order valence-corrected chi connectivity index (χ0v) is 18.2. The number of rotatable bonds is 7. The summed E-state index contributed by atoms with van der Waals surface area (Å²) in [7, 11) is 3.63. The normalized spacial score (nSPS) is 15.5. The molecule has 4 heteroatoms. The van der Waals surface area contributed by atoms with Gasteiger partial charge in [0.15, 0.2) is 0 Å². The molecule has 30 heavy (non-hydrogen) atoms. The number of likely N-dealkylation sites (tertiary alicyclic amines) is 1. The van der Waals surface area contributed by atoms with Crippen molar-refractivity contribution in [2.24, 2.45) is 5.92 Å². The van der Waals surface area contributed by atoms with Crippen LogP contribution in [0.25, 0.3) is 10.9 Å². The molecule has 0 radical (unpaired) electrons. The second kappa shape index (κ2) is 9.48. The highest BCUT2D eigenvalue weighted by Gasteiger charge is 2.20. The maximum absolute atomic E-state index is 11.8. The van der Waals surface area contributed by atoms with E-state index in [2.05, 4.69) is 58.4 Å². The van der Waals surface area contributed by atoms with Gasteiger partial charge < -0.3 is 9.88 Å². The van der Waals surface area contributed by atoms with Gasteiger partial charge >= 0.3 is 0 Å². The number of nitrogens with zero attached hydrogens (tertiary/aromatic N) is 2. The SMILES string of the molecule is CN(C)C(=O)CCc1ccc(CC2CCN(Cc3cccc4[nH]ccc34)CC2)cc1. The van der Waals surface area contributed by atoms with Gasteiger partial charge in [0.2, 0.25) is 5.91 Å². The lowest BCUT2D eigenvalue weighted by atomic mass is 9.89. The van der Waals surface area contributed by atoms with Gasteiger partial charge in [0.05, 0.1) is 0 Å². The smallest absolute Gasteiger partial charge is 0.222 e. The molecule has 2 heterocycles. The minimum atomic E-state index is 0.193. The van der Waals surface area contributed by atoms with Gasteiger partial charge in [-0.3, -0.25) is 9.69 Å². The fraction of sp³-hybridized carbons (Fsp3) is 0.423. The van der Waals surface area contributed by atoms with Crippen molar-refractivity contribution in [1.29, 1.82) is 0 Å². The maximum atomic E-state index is 11.8. The number of carbonyl (C=O) groups excluding carboxylic acids is 1. The molecular formula is C26H33N3O. The molecule has 158 valence electrons. The molecule has 0 unspecified atom stereocenters. The van der Waals surface area contributed by atoms with Gasteiger partial charge in [-0.2, -0.15) is 0 Å². The molecule has 1 aliphatic rings. The van der Waals surface area contributed by atoms with Crippen molar-refractivity contribution in [3.8, 4) is 0 Å². The van der Waals surface area contributed by atoms with Crippen molar-refractivity contribution in [3.05, 3.63) is 71.4 Å². The number of hydrogen-bond donors (Lipinski definition) is 1. The Morgan fingerprint density at radius 2 is 1.77 bits per heavy atom. The Bertz CT molecular complexity index is 965. The molecule has 0 atom stereocenters. The number of fused-ring (bicyclic) bond motifs is 1. The first kappa shape index (κ1) is 20.7. The highest BCUT2D eigenvalue weighted by atomic mass is 16.2. The molecule has 3 aromatic rings. The molecule has 1 amide bonds. The summed E-state index contributed by atoms with van der Waals surface area (Å²) in [6.45, 7) is 3.40. The molecule has 0 aliphatic carbocycles. The Hall–Kier alpha value is -2.59. The van der Waals surface area contributed by atoms with Crippen LogP contribution in [0.5, 0.6) is 0 Å². The Morgan fingerprint density at radius 1 is 1.03 bits per heavy atom. The maximum Gasteiger partial charge on any atom is 0.222 e. The summed E-state index contributed by atoms with van der Waals surface area (Å²) in [6, 6.07) is 17.7. The van der Waals surface area contributed by atoms with E-state index in [1.165, 1.54) is 53.5 Å². The minimum absolute atomic E-state index is 0.193. The Labute approximate surface area is 179 Å². The van der Waals surface area contributed by atoms with Crippen molar-refractivity contribution in [1.82, 2.24) is 14.8 Å². The summed E-state index contributed by atoms with van der Waals surface area (Å²) in [6.07, 6.45) is 7.14. The molecule has 0 saturated carbocycles. The third kappa shape index (κ3) is 5.11. The van der Waals surface area contributed by atoms with Crippen LogP contribution < -0.4 is 0 Å². The third-order valence-corrected chi connectivity index (χ3v) is 6.46. The van der Waals surface area contributed by atoms with Crippen LogP contribution in [-0.2, 0) is 24.2 Å². The number of aromatic amines is 1. The number of H-pyrrole nitrogens is 1. The van der Waals surface area contributed by atoms with Gasteiger partial charge in [0.1, 0.15) is 0 Å². The van der Waals surface area contributed by atoms with Crippen LogP contribution in [0.15, 0.2) is 54.7 Å². The fourth-order valence-electron chi connectivity index (χ4n) is 4.53. The van der Waals surface area contributed by atoms with Crippen LogP contribution in [0.4, 0.5) is 0 Å². The number of amides is 1. The van der Waals surface area contributed by atoms with Gasteiger partial charge in [-0.25, -0.2) is 0 Å². The summed E-state index contributed by atoms with van der Waals surface area (Å²) in [5.41, 5.74) is 5.34. The van der Waals surface area contributed by atoms with E-state index in [-0.39, 0.29) is 5.91 Å². The first-order valence-corrected chi connectivity index (χ1v) is 11.1. The van der Waals surface area contributed by atoms with Crippen LogP contribution in [-0.4, -0.2) is 47.9 Å². The van der Waals surface area contributed by atoms with E-state index < -0.39 is 0 Å². The molecule has 1 aromatic heterocycles. The van der Waals surface area contributed by atoms with E-state index >= 15 is 0 Å². The van der Waals surface area contributed by atoms with Gasteiger partial charge in [-0.15, -0.1) is 0 Å². The van der Waals surface area contributed by atoms with Crippen LogP contribution in [0.2, 0.25) is 0 Å². The van der Waals surface area contributed by atoms with Crippen LogP contribution in [0.3, 0.4) is 0 Å². The standard InChI is InChI=1S/C26H33N3O/c1-28(2)26(30)11-10-20-6-8-21(9-7-20)18-22-13-16-29(17-14-22)19-23-4-3-5-25-24(23)12-15-27-25/h3-9,12,15,22,27H,10-11,13-14,16-19H2,1-2H3. The summed E-state index contributed by atoms with van der Waals surface area (Å²) in [5, 5.41) is 1.35. The van der Waals surface area contributed by atoms with E-state index in [4.69, 9.17) is 0 Å². The van der Waals surface area contributed by atoms with Gasteiger partial charge in [-0.1, -0.05) is 36.4 Å². The first-order chi connectivity index (χ1) is 14.6. The predicted octanol–water partition coefficient (Wildman–Crippen LogP) is 4.64. The average molecular weight is 404 g/mol. The minimum Gasteiger partial charge on any atom is -0.361 e. The van der Waals surface area contributed by atoms with Crippen molar-refractivity contribution in [2.45, 2.75) is 38.6 Å². The van der Waals surface area contributed by atoms with Crippen molar-refractivity contribution >= 4 is 16.8 Å². The number of hydrogen-bond acceptors (Lipinski definition) is 2. The quantitative estimate of drug-likeness (QED) is 0.624. The molecular weight excluding hydrogens is 370 g/mol. The van der Waals surface area contributed by atoms with E-state index in [0.717, 1.165) is 25.3 Å². The van der Waals surface area contributed by atoms with Gasteiger partial charge in [-0.05, 0) is 73.5 Å². The molecule has 1 fully saturated rings. The van der Waals surface area contributed by atoms with Crippen LogP contribution >= 0.6 is 0 Å². The zero-order valence-electron chi connectivity index (χ0n) is 18.2. The molecule has 0 spiro atoms. The molecule has 0 bridgehead atoms. The van der Waals surface area contributed by atoms with E-state index in [9.17, 15) is 4.79 Å². The lowest BCUT2D eigenvalue weighted by Crippen LogP contribution is -2.33. The summed E-state index contributed by atoms with van der Waals surface area (Å²) in [4.78, 5) is 19.3. The number of piperidine rings is 1. The number of carbonyl (C=O) groups is 1. The third-order valence-electron chi connectivity index (χ3n) is 6.46. The summed E-state index contributed by atoms with van der Waals surface area (Å²) >= 11 is 0. The molecule has 4 nitrogen and oxygen atoms in total. The van der Waals surface area contributed by atoms with Crippen LogP contribution in [0, 0.1) is 5.92 Å². The van der Waals surface area contributed by atoms with Gasteiger partial charge in [0.25, 0.3) is 0 Å². The second-order valence-electron chi connectivity index (χ2n) is 8.88. The Kier molecular flexibility index (Phi) is 6.53. The fourth-order valence-corrected chi connectivity index (χ4v) is 4.53. The number of benzene rings is 2. The lowest BCUT2D eigenvalue weighted by Gasteiger charge is -2.32. The van der Waals surface area contributed by atoms with Crippen molar-refractivity contribution < 1.29 is 4.79 Å². The average Bonchev–Trinajstić information content (AvgIpc) is 3.24. The second-order valence-corrected chi connectivity index (χ2v) is 8.88. The monoisotopic (exact) mass is 403 g/mol. The summed E-state index contributed by atoms with van der Waals surface area (Å²) < 4.78 is 0. The van der Waals surface area contributed by atoms with Gasteiger partial charge in [0, 0.05) is 44.2 Å². The predicted molar refractivity (Wildman–Crippen MR) is 123 cm³/mol. The number of aromatic nitrogens is 1. The number of aryl methyl sites for hydroxylation is 1. The van der Waals surface area contributed by atoms with Crippen LogP contribution in [0.1, 0.15) is 36.0 Å².